The maximum atomic E-state index is 12.8. The van der Waals surface area contributed by atoms with Crippen LogP contribution in [0.5, 0.6) is 0 Å². The number of hydrogen-bond acceptors (Lipinski definition) is 3. The molecule has 0 aliphatic carbocycles. The van der Waals surface area contributed by atoms with Crippen molar-refractivity contribution in [3.63, 3.8) is 0 Å². The van der Waals surface area contributed by atoms with Crippen molar-refractivity contribution in [1.82, 2.24) is 4.90 Å². The Kier molecular flexibility index (Phi) is 5.27. The molecule has 0 aromatic heterocycles. The molecule has 2 aliphatic heterocycles. The lowest BCUT2D eigenvalue weighted by Crippen LogP contribution is -2.42. The van der Waals surface area contributed by atoms with Gasteiger partial charge >= 0.3 is 0 Å². The van der Waals surface area contributed by atoms with Crippen LogP contribution in [0.1, 0.15) is 36.2 Å². The van der Waals surface area contributed by atoms with E-state index in [1.807, 2.05) is 59.5 Å². The first-order valence-electron chi connectivity index (χ1n) is 9.69. The number of carbonyl (C=O) groups is 2. The maximum Gasteiger partial charge on any atom is 0.262 e. The summed E-state index contributed by atoms with van der Waals surface area (Å²) in [6.07, 6.45) is 3.05. The van der Waals surface area contributed by atoms with Crippen molar-refractivity contribution < 1.29 is 9.59 Å². The first-order valence-corrected chi connectivity index (χ1v) is 10.5. The summed E-state index contributed by atoms with van der Waals surface area (Å²) in [7, 11) is 0. The monoisotopic (exact) mass is 392 g/mol. The minimum absolute atomic E-state index is 0.0938. The van der Waals surface area contributed by atoms with E-state index in [-0.39, 0.29) is 11.8 Å². The van der Waals surface area contributed by atoms with Crippen LogP contribution in [0.4, 0.5) is 5.69 Å². The zero-order valence-electron chi connectivity index (χ0n) is 16.1. The lowest BCUT2D eigenvalue weighted by atomic mass is 9.91. The largest absolute Gasteiger partial charge is 0.338 e. The summed E-state index contributed by atoms with van der Waals surface area (Å²) >= 11 is 1.47. The number of benzene rings is 2. The molecule has 4 rings (SSSR count). The standard InChI is InChI=1S/C23H24N2O2S/c1-15-11-16(2)14-25(13-15)23(27)18-9-7-17(8-10-18)12-21-22(26)24-19-5-3-4-6-20(19)28-21/h3-10,12,15-16H,11,13-14H2,1-2H3,(H,24,26). The number of piperidine rings is 1. The van der Waals surface area contributed by atoms with Crippen LogP contribution in [0.2, 0.25) is 0 Å². The van der Waals surface area contributed by atoms with Crippen LogP contribution in [0.25, 0.3) is 6.08 Å². The van der Waals surface area contributed by atoms with Gasteiger partial charge in [0.05, 0.1) is 10.6 Å². The van der Waals surface area contributed by atoms with E-state index in [4.69, 9.17) is 0 Å². The molecule has 0 spiro atoms. The van der Waals surface area contributed by atoms with Crippen molar-refractivity contribution >= 4 is 35.3 Å². The molecule has 2 atom stereocenters. The SMILES string of the molecule is CC1CC(C)CN(C(=O)c2ccc(C=C3Sc4ccccc4NC3=O)cc2)C1. The number of nitrogens with zero attached hydrogens (tertiary/aromatic N) is 1. The number of hydrogen-bond donors (Lipinski definition) is 1. The highest BCUT2D eigenvalue weighted by Crippen LogP contribution is 2.38. The third-order valence-corrected chi connectivity index (χ3v) is 6.29. The van der Waals surface area contributed by atoms with Gasteiger partial charge in [-0.15, -0.1) is 0 Å². The normalized spacial score (nSPS) is 23.3. The predicted octanol–water partition coefficient (Wildman–Crippen LogP) is 4.89. The van der Waals surface area contributed by atoms with E-state index >= 15 is 0 Å². The molecule has 2 amide bonds. The van der Waals surface area contributed by atoms with E-state index in [9.17, 15) is 9.59 Å². The van der Waals surface area contributed by atoms with Crippen LogP contribution in [0, 0.1) is 11.8 Å². The Balaban J connectivity index is 1.50. The van der Waals surface area contributed by atoms with Crippen molar-refractivity contribution in [2.45, 2.75) is 25.2 Å². The summed E-state index contributed by atoms with van der Waals surface area (Å²) in [5, 5.41) is 2.92. The summed E-state index contributed by atoms with van der Waals surface area (Å²) in [5.41, 5.74) is 2.46. The molecule has 144 valence electrons. The first-order chi connectivity index (χ1) is 13.5. The minimum Gasteiger partial charge on any atom is -0.338 e. The maximum absolute atomic E-state index is 12.8. The molecule has 0 saturated carbocycles. The Morgan fingerprint density at radius 1 is 1.07 bits per heavy atom. The third-order valence-electron chi connectivity index (χ3n) is 5.19. The number of anilines is 1. The van der Waals surface area contributed by atoms with E-state index in [1.165, 1.54) is 18.2 Å². The van der Waals surface area contributed by atoms with Gasteiger partial charge in [-0.25, -0.2) is 0 Å². The molecule has 28 heavy (non-hydrogen) atoms. The van der Waals surface area contributed by atoms with Crippen molar-refractivity contribution in [3.05, 3.63) is 64.6 Å². The molecule has 0 bridgehead atoms. The number of amides is 2. The van der Waals surface area contributed by atoms with Crippen LogP contribution >= 0.6 is 11.8 Å². The fourth-order valence-electron chi connectivity index (χ4n) is 3.99. The second-order valence-electron chi connectivity index (χ2n) is 7.84. The van der Waals surface area contributed by atoms with E-state index in [2.05, 4.69) is 19.2 Å². The number of rotatable bonds is 2. The molecular weight excluding hydrogens is 368 g/mol. The molecule has 0 radical (unpaired) electrons. The molecule has 5 heteroatoms. The van der Waals surface area contributed by atoms with Gasteiger partial charge in [-0.1, -0.05) is 49.9 Å². The molecular formula is C23H24N2O2S. The van der Waals surface area contributed by atoms with Gasteiger partial charge in [-0.2, -0.15) is 0 Å². The second kappa shape index (κ2) is 7.84. The van der Waals surface area contributed by atoms with Gasteiger partial charge in [-0.05, 0) is 54.2 Å². The average Bonchev–Trinajstić information content (AvgIpc) is 2.68. The van der Waals surface area contributed by atoms with Gasteiger partial charge < -0.3 is 10.2 Å². The molecule has 2 aromatic carbocycles. The summed E-state index contributed by atoms with van der Waals surface area (Å²) in [6, 6.07) is 15.3. The van der Waals surface area contributed by atoms with Crippen molar-refractivity contribution in [3.8, 4) is 0 Å². The lowest BCUT2D eigenvalue weighted by molar-refractivity contribution is -0.112. The molecule has 4 nitrogen and oxygen atoms in total. The van der Waals surface area contributed by atoms with E-state index < -0.39 is 0 Å². The Labute approximate surface area is 170 Å². The fraction of sp³-hybridized carbons (Fsp3) is 0.304. The predicted molar refractivity (Wildman–Crippen MR) is 114 cm³/mol. The summed E-state index contributed by atoms with van der Waals surface area (Å²) in [5.74, 6) is 1.08. The summed E-state index contributed by atoms with van der Waals surface area (Å²) < 4.78 is 0. The molecule has 2 aliphatic rings. The Morgan fingerprint density at radius 3 is 2.46 bits per heavy atom. The van der Waals surface area contributed by atoms with Crippen LogP contribution < -0.4 is 5.32 Å². The number of likely N-dealkylation sites (tertiary alicyclic amines) is 1. The van der Waals surface area contributed by atoms with Gasteiger partial charge in [0.1, 0.15) is 0 Å². The van der Waals surface area contributed by atoms with Crippen molar-refractivity contribution in [2.24, 2.45) is 11.8 Å². The van der Waals surface area contributed by atoms with Crippen LogP contribution in [0.3, 0.4) is 0 Å². The van der Waals surface area contributed by atoms with Gasteiger partial charge in [0.25, 0.3) is 11.8 Å². The van der Waals surface area contributed by atoms with E-state index in [0.29, 0.717) is 22.3 Å². The van der Waals surface area contributed by atoms with Gasteiger partial charge in [0.15, 0.2) is 0 Å². The van der Waals surface area contributed by atoms with Crippen LogP contribution in [-0.4, -0.2) is 29.8 Å². The zero-order chi connectivity index (χ0) is 19.7. The van der Waals surface area contributed by atoms with Gasteiger partial charge in [0.2, 0.25) is 0 Å². The number of fused-ring (bicyclic) bond motifs is 1. The number of nitrogens with one attached hydrogen (secondary N) is 1. The zero-order valence-corrected chi connectivity index (χ0v) is 17.0. The summed E-state index contributed by atoms with van der Waals surface area (Å²) in [4.78, 5) is 28.8. The molecule has 2 aromatic rings. The number of para-hydroxylation sites is 1. The number of thioether (sulfide) groups is 1. The molecule has 1 fully saturated rings. The van der Waals surface area contributed by atoms with Crippen molar-refractivity contribution in [1.29, 1.82) is 0 Å². The van der Waals surface area contributed by atoms with E-state index in [0.717, 1.165) is 29.2 Å². The second-order valence-corrected chi connectivity index (χ2v) is 8.92. The highest BCUT2D eigenvalue weighted by Gasteiger charge is 2.26. The molecule has 2 unspecified atom stereocenters. The Bertz CT molecular complexity index is 926. The van der Waals surface area contributed by atoms with Crippen molar-refractivity contribution in [2.75, 3.05) is 18.4 Å². The Hall–Kier alpha value is -2.53. The number of carbonyl (C=O) groups excluding carboxylic acids is 2. The smallest absolute Gasteiger partial charge is 0.262 e. The minimum atomic E-state index is -0.0971. The molecule has 1 saturated heterocycles. The highest BCUT2D eigenvalue weighted by molar-refractivity contribution is 8.04. The van der Waals surface area contributed by atoms with Gasteiger partial charge in [0, 0.05) is 23.5 Å². The topological polar surface area (TPSA) is 49.4 Å². The fourth-order valence-corrected chi connectivity index (χ4v) is 4.94. The van der Waals surface area contributed by atoms with E-state index in [1.54, 1.807) is 0 Å². The lowest BCUT2D eigenvalue weighted by Gasteiger charge is -2.35. The summed E-state index contributed by atoms with van der Waals surface area (Å²) in [6.45, 7) is 6.06. The van der Waals surface area contributed by atoms with Crippen LogP contribution in [-0.2, 0) is 4.79 Å². The quantitative estimate of drug-likeness (QED) is 0.740. The Morgan fingerprint density at radius 2 is 1.75 bits per heavy atom. The third kappa shape index (κ3) is 3.99. The first kappa shape index (κ1) is 18.8. The molecule has 1 N–H and O–H groups in total. The highest BCUT2D eigenvalue weighted by atomic mass is 32.2. The van der Waals surface area contributed by atoms with Gasteiger partial charge in [-0.3, -0.25) is 9.59 Å². The average molecular weight is 393 g/mol. The van der Waals surface area contributed by atoms with Crippen LogP contribution in [0.15, 0.2) is 58.3 Å². The molecule has 2 heterocycles.